The molecule has 6 nitrogen and oxygen atoms in total. The van der Waals surface area contributed by atoms with E-state index < -0.39 is 0 Å². The highest BCUT2D eigenvalue weighted by Gasteiger charge is 2.26. The minimum atomic E-state index is 0.364. The molecular formula is C13H23N5O. The van der Waals surface area contributed by atoms with Crippen molar-refractivity contribution in [2.24, 2.45) is 11.8 Å². The summed E-state index contributed by atoms with van der Waals surface area (Å²) in [6, 6.07) is 0. The molecular weight excluding hydrogens is 242 g/mol. The van der Waals surface area contributed by atoms with Crippen molar-refractivity contribution in [3.05, 3.63) is 11.4 Å². The van der Waals surface area contributed by atoms with Crippen molar-refractivity contribution in [1.29, 1.82) is 0 Å². The lowest BCUT2D eigenvalue weighted by atomic mass is 10.00. The van der Waals surface area contributed by atoms with Crippen LogP contribution in [0.15, 0.2) is 0 Å². The van der Waals surface area contributed by atoms with Gasteiger partial charge in [-0.3, -0.25) is 0 Å². The van der Waals surface area contributed by atoms with E-state index in [0.717, 1.165) is 37.4 Å². The quantitative estimate of drug-likeness (QED) is 0.554. The fourth-order valence-corrected chi connectivity index (χ4v) is 2.55. The van der Waals surface area contributed by atoms with Gasteiger partial charge in [0.2, 0.25) is 0 Å². The van der Waals surface area contributed by atoms with Crippen molar-refractivity contribution in [1.82, 2.24) is 9.97 Å². The van der Waals surface area contributed by atoms with Gasteiger partial charge in [-0.05, 0) is 26.7 Å². The number of anilines is 2. The number of ether oxygens (including phenoxy) is 1. The summed E-state index contributed by atoms with van der Waals surface area (Å²) in [5.41, 5.74) is 3.55. The molecule has 0 spiro atoms. The Bertz CT molecular complexity index is 437. The van der Waals surface area contributed by atoms with Crippen LogP contribution in [0.1, 0.15) is 31.2 Å². The number of rotatable bonds is 5. The Hall–Kier alpha value is -1.40. The summed E-state index contributed by atoms with van der Waals surface area (Å²) >= 11 is 0. The maximum Gasteiger partial charge on any atom is 0.148 e. The predicted octanol–water partition coefficient (Wildman–Crippen LogP) is 1.61. The van der Waals surface area contributed by atoms with Gasteiger partial charge in [0.25, 0.3) is 0 Å². The van der Waals surface area contributed by atoms with Crippen LogP contribution in [0.2, 0.25) is 0 Å². The Morgan fingerprint density at radius 3 is 2.74 bits per heavy atom. The second kappa shape index (κ2) is 6.16. The normalized spacial score (nSPS) is 22.5. The van der Waals surface area contributed by atoms with Gasteiger partial charge in [-0.15, -0.1) is 0 Å². The molecule has 0 radical (unpaired) electrons. The molecule has 1 aliphatic rings. The van der Waals surface area contributed by atoms with Gasteiger partial charge in [-0.1, -0.05) is 6.92 Å². The third-order valence-electron chi connectivity index (χ3n) is 3.67. The first-order chi connectivity index (χ1) is 9.15. The molecule has 2 rings (SSSR count). The lowest BCUT2D eigenvalue weighted by molar-refractivity contribution is 0.0900. The van der Waals surface area contributed by atoms with Crippen LogP contribution in [0.5, 0.6) is 0 Å². The van der Waals surface area contributed by atoms with E-state index in [1.807, 2.05) is 13.8 Å². The fraction of sp³-hybridized carbons (Fsp3) is 0.692. The van der Waals surface area contributed by atoms with Gasteiger partial charge in [0.05, 0.1) is 6.10 Å². The summed E-state index contributed by atoms with van der Waals surface area (Å²) in [7, 11) is 0. The van der Waals surface area contributed by atoms with Crippen molar-refractivity contribution in [2.45, 2.75) is 39.7 Å². The summed E-state index contributed by atoms with van der Waals surface area (Å²) in [5, 5.41) is 3.41. The van der Waals surface area contributed by atoms with E-state index in [1.54, 1.807) is 0 Å². The molecule has 0 aliphatic carbocycles. The number of nitrogens with two attached hydrogens (primary N) is 1. The maximum absolute atomic E-state index is 5.70. The minimum Gasteiger partial charge on any atom is -0.378 e. The monoisotopic (exact) mass is 265 g/mol. The van der Waals surface area contributed by atoms with Crippen LogP contribution in [0.25, 0.3) is 0 Å². The summed E-state index contributed by atoms with van der Waals surface area (Å²) in [5.74, 6) is 8.24. The number of aryl methyl sites for hydroxylation is 1. The van der Waals surface area contributed by atoms with Crippen molar-refractivity contribution in [3.8, 4) is 0 Å². The Balaban J connectivity index is 2.05. The zero-order valence-electron chi connectivity index (χ0n) is 11.9. The first kappa shape index (κ1) is 14.0. The van der Waals surface area contributed by atoms with Gasteiger partial charge in [0.15, 0.2) is 0 Å². The third kappa shape index (κ3) is 3.13. The first-order valence-corrected chi connectivity index (χ1v) is 6.83. The minimum absolute atomic E-state index is 0.364. The molecule has 0 amide bonds. The average molecular weight is 265 g/mol. The van der Waals surface area contributed by atoms with E-state index in [4.69, 9.17) is 10.6 Å². The zero-order valence-corrected chi connectivity index (χ0v) is 11.9. The van der Waals surface area contributed by atoms with E-state index in [0.29, 0.717) is 23.7 Å². The molecule has 1 aliphatic heterocycles. The van der Waals surface area contributed by atoms with Crippen LogP contribution >= 0.6 is 0 Å². The molecule has 2 atom stereocenters. The highest BCUT2D eigenvalue weighted by atomic mass is 16.5. The fourth-order valence-electron chi connectivity index (χ4n) is 2.55. The molecule has 0 saturated carbocycles. The molecule has 0 aromatic carbocycles. The standard InChI is InChI=1S/C13H23N5O/c1-4-11-10(5-6-19-11)7-15-12-8(2)13(18-14)17-9(3)16-12/h10-11H,4-7,14H2,1-3H3,(H2,15,16,17,18). The number of nitrogen functional groups attached to an aromatic ring is 1. The highest BCUT2D eigenvalue weighted by molar-refractivity contribution is 5.56. The Labute approximate surface area is 114 Å². The summed E-state index contributed by atoms with van der Waals surface area (Å²) < 4.78 is 5.70. The number of hydrogen-bond acceptors (Lipinski definition) is 6. The van der Waals surface area contributed by atoms with Crippen LogP contribution in [0.4, 0.5) is 11.6 Å². The molecule has 0 bridgehead atoms. The molecule has 106 valence electrons. The van der Waals surface area contributed by atoms with Crippen molar-refractivity contribution in [2.75, 3.05) is 23.9 Å². The highest BCUT2D eigenvalue weighted by Crippen LogP contribution is 2.25. The van der Waals surface area contributed by atoms with E-state index in [2.05, 4.69) is 27.6 Å². The van der Waals surface area contributed by atoms with Crippen LogP contribution < -0.4 is 16.6 Å². The largest absolute Gasteiger partial charge is 0.378 e. The van der Waals surface area contributed by atoms with Crippen LogP contribution in [0.3, 0.4) is 0 Å². The summed E-state index contributed by atoms with van der Waals surface area (Å²) in [6.45, 7) is 7.72. The molecule has 1 aromatic heterocycles. The Kier molecular flexibility index (Phi) is 4.55. The molecule has 2 heterocycles. The van der Waals surface area contributed by atoms with Gasteiger partial charge in [0.1, 0.15) is 17.5 Å². The van der Waals surface area contributed by atoms with Crippen LogP contribution in [0, 0.1) is 19.8 Å². The lowest BCUT2D eigenvalue weighted by Gasteiger charge is -2.19. The number of aromatic nitrogens is 2. The van der Waals surface area contributed by atoms with E-state index in [9.17, 15) is 0 Å². The Morgan fingerprint density at radius 2 is 2.05 bits per heavy atom. The van der Waals surface area contributed by atoms with Gasteiger partial charge < -0.3 is 15.5 Å². The van der Waals surface area contributed by atoms with Crippen molar-refractivity contribution in [3.63, 3.8) is 0 Å². The van der Waals surface area contributed by atoms with Crippen molar-refractivity contribution >= 4 is 11.6 Å². The molecule has 1 fully saturated rings. The van der Waals surface area contributed by atoms with Gasteiger partial charge in [-0.2, -0.15) is 0 Å². The topological polar surface area (TPSA) is 85.1 Å². The predicted molar refractivity (Wildman–Crippen MR) is 75.9 cm³/mol. The molecule has 19 heavy (non-hydrogen) atoms. The number of hydrazine groups is 1. The molecule has 6 heteroatoms. The van der Waals surface area contributed by atoms with Crippen LogP contribution in [-0.2, 0) is 4.74 Å². The Morgan fingerprint density at radius 1 is 1.32 bits per heavy atom. The second-order valence-corrected chi connectivity index (χ2v) is 4.98. The summed E-state index contributed by atoms with van der Waals surface area (Å²) in [4.78, 5) is 8.69. The molecule has 4 N–H and O–H groups in total. The SMILES string of the molecule is CCC1OCCC1CNc1nc(C)nc(NN)c1C. The van der Waals surface area contributed by atoms with E-state index >= 15 is 0 Å². The second-order valence-electron chi connectivity index (χ2n) is 4.98. The maximum atomic E-state index is 5.70. The first-order valence-electron chi connectivity index (χ1n) is 6.83. The van der Waals surface area contributed by atoms with Gasteiger partial charge in [-0.25, -0.2) is 15.8 Å². The van der Waals surface area contributed by atoms with Gasteiger partial charge in [0, 0.05) is 24.6 Å². The number of nitrogens with one attached hydrogen (secondary N) is 2. The van der Waals surface area contributed by atoms with E-state index in [1.165, 1.54) is 0 Å². The van der Waals surface area contributed by atoms with E-state index in [-0.39, 0.29) is 0 Å². The van der Waals surface area contributed by atoms with Crippen LogP contribution in [-0.4, -0.2) is 29.2 Å². The average Bonchev–Trinajstić information content (AvgIpc) is 2.86. The smallest absolute Gasteiger partial charge is 0.148 e. The number of nitrogens with zero attached hydrogens (tertiary/aromatic N) is 2. The van der Waals surface area contributed by atoms with Gasteiger partial charge >= 0.3 is 0 Å². The lowest BCUT2D eigenvalue weighted by Crippen LogP contribution is -2.24. The third-order valence-corrected chi connectivity index (χ3v) is 3.67. The van der Waals surface area contributed by atoms with Crippen molar-refractivity contribution < 1.29 is 4.74 Å². The molecule has 1 aromatic rings. The summed E-state index contributed by atoms with van der Waals surface area (Å²) in [6.07, 6.45) is 2.53. The molecule has 1 saturated heterocycles. The zero-order chi connectivity index (χ0) is 13.8. The number of hydrogen-bond donors (Lipinski definition) is 3. The molecule has 2 unspecified atom stereocenters.